The summed E-state index contributed by atoms with van der Waals surface area (Å²) in [5, 5.41) is 5.32. The first-order valence-corrected chi connectivity index (χ1v) is 7.82. The summed E-state index contributed by atoms with van der Waals surface area (Å²) in [5.41, 5.74) is 1.71. The summed E-state index contributed by atoms with van der Waals surface area (Å²) in [4.78, 5) is 11.4. The summed E-state index contributed by atoms with van der Waals surface area (Å²) in [6, 6.07) is 12.0. The summed E-state index contributed by atoms with van der Waals surface area (Å²) < 4.78 is 21.6. The highest BCUT2D eigenvalue weighted by molar-refractivity contribution is 9.10. The molecule has 0 aliphatic rings. The van der Waals surface area contributed by atoms with Crippen LogP contribution >= 0.6 is 15.9 Å². The fraction of sp³-hybridized carbons (Fsp3) is 0.176. The van der Waals surface area contributed by atoms with Gasteiger partial charge in [0.25, 0.3) is 0 Å². The largest absolute Gasteiger partial charge is 0.465 e. The highest BCUT2D eigenvalue weighted by Crippen LogP contribution is 2.25. The predicted octanol–water partition coefficient (Wildman–Crippen LogP) is 4.30. The number of methoxy groups -OCH3 is 1. The van der Waals surface area contributed by atoms with E-state index in [0.29, 0.717) is 11.1 Å². The third-order valence-electron chi connectivity index (χ3n) is 3.59. The van der Waals surface area contributed by atoms with Gasteiger partial charge in [0.1, 0.15) is 6.17 Å². The SMILES string of the molecule is COC(=O)c1ccc(C(F)Cn2cc3c(Br)cccc3n2)cc1. The van der Waals surface area contributed by atoms with Crippen LogP contribution in [0.25, 0.3) is 10.9 Å². The van der Waals surface area contributed by atoms with E-state index in [2.05, 4.69) is 25.8 Å². The normalized spacial score (nSPS) is 12.3. The van der Waals surface area contributed by atoms with Crippen LogP contribution in [0.5, 0.6) is 0 Å². The average molecular weight is 377 g/mol. The van der Waals surface area contributed by atoms with Crippen molar-refractivity contribution in [1.29, 1.82) is 0 Å². The molecule has 0 fully saturated rings. The van der Waals surface area contributed by atoms with Crippen molar-refractivity contribution >= 4 is 32.8 Å². The van der Waals surface area contributed by atoms with Gasteiger partial charge < -0.3 is 4.74 Å². The van der Waals surface area contributed by atoms with E-state index in [9.17, 15) is 9.18 Å². The van der Waals surface area contributed by atoms with E-state index in [0.717, 1.165) is 15.4 Å². The first-order chi connectivity index (χ1) is 11.1. The van der Waals surface area contributed by atoms with Gasteiger partial charge in [0.05, 0.1) is 24.7 Å². The van der Waals surface area contributed by atoms with Gasteiger partial charge in [-0.2, -0.15) is 5.10 Å². The van der Waals surface area contributed by atoms with Gasteiger partial charge in [-0.25, -0.2) is 9.18 Å². The lowest BCUT2D eigenvalue weighted by molar-refractivity contribution is 0.0600. The Hall–Kier alpha value is -2.21. The Morgan fingerprint density at radius 1 is 1.30 bits per heavy atom. The molecule has 6 heteroatoms. The van der Waals surface area contributed by atoms with E-state index in [-0.39, 0.29) is 6.54 Å². The zero-order valence-corrected chi connectivity index (χ0v) is 14.0. The smallest absolute Gasteiger partial charge is 0.337 e. The maximum Gasteiger partial charge on any atom is 0.337 e. The molecule has 2 aromatic carbocycles. The fourth-order valence-electron chi connectivity index (χ4n) is 2.37. The Morgan fingerprint density at radius 2 is 2.04 bits per heavy atom. The van der Waals surface area contributed by atoms with Crippen LogP contribution in [0.4, 0.5) is 4.39 Å². The third-order valence-corrected chi connectivity index (χ3v) is 4.28. The fourth-order valence-corrected chi connectivity index (χ4v) is 2.82. The van der Waals surface area contributed by atoms with E-state index in [1.54, 1.807) is 28.9 Å². The topological polar surface area (TPSA) is 44.1 Å². The van der Waals surface area contributed by atoms with E-state index in [1.807, 2.05) is 24.4 Å². The number of nitrogens with zero attached hydrogens (tertiary/aromatic N) is 2. The predicted molar refractivity (Wildman–Crippen MR) is 89.1 cm³/mol. The number of aromatic nitrogens is 2. The van der Waals surface area contributed by atoms with E-state index in [1.165, 1.54) is 7.11 Å². The Labute approximate surface area is 141 Å². The summed E-state index contributed by atoms with van der Waals surface area (Å²) >= 11 is 3.46. The maximum atomic E-state index is 14.5. The molecule has 1 unspecified atom stereocenters. The van der Waals surface area contributed by atoms with Crippen molar-refractivity contribution in [2.45, 2.75) is 12.7 Å². The molecule has 0 amide bonds. The van der Waals surface area contributed by atoms with Gasteiger partial charge in [-0.05, 0) is 29.8 Å². The van der Waals surface area contributed by atoms with Crippen molar-refractivity contribution in [3.05, 3.63) is 64.3 Å². The minimum Gasteiger partial charge on any atom is -0.465 e. The summed E-state index contributed by atoms with van der Waals surface area (Å²) in [7, 11) is 1.31. The minimum atomic E-state index is -1.21. The first kappa shape index (κ1) is 15.7. The second-order valence-electron chi connectivity index (χ2n) is 5.10. The molecular weight excluding hydrogens is 363 g/mol. The number of carbonyl (C=O) groups is 1. The Bertz CT molecular complexity index is 845. The van der Waals surface area contributed by atoms with Gasteiger partial charge in [0.15, 0.2) is 0 Å². The van der Waals surface area contributed by atoms with E-state index < -0.39 is 12.1 Å². The van der Waals surface area contributed by atoms with Gasteiger partial charge in [-0.1, -0.05) is 34.1 Å². The van der Waals surface area contributed by atoms with Crippen molar-refractivity contribution in [2.24, 2.45) is 0 Å². The van der Waals surface area contributed by atoms with Crippen LogP contribution in [-0.4, -0.2) is 22.9 Å². The molecule has 4 nitrogen and oxygen atoms in total. The molecule has 3 rings (SSSR count). The van der Waals surface area contributed by atoms with E-state index >= 15 is 0 Å². The van der Waals surface area contributed by atoms with Crippen LogP contribution in [0, 0.1) is 0 Å². The van der Waals surface area contributed by atoms with Crippen molar-refractivity contribution in [3.63, 3.8) is 0 Å². The molecule has 118 valence electrons. The molecule has 1 aromatic heterocycles. The molecule has 0 aliphatic heterocycles. The molecule has 0 radical (unpaired) electrons. The lowest BCUT2D eigenvalue weighted by Gasteiger charge is -2.09. The number of esters is 1. The van der Waals surface area contributed by atoms with Crippen molar-refractivity contribution < 1.29 is 13.9 Å². The monoisotopic (exact) mass is 376 g/mol. The zero-order chi connectivity index (χ0) is 16.4. The van der Waals surface area contributed by atoms with Crippen LogP contribution < -0.4 is 0 Å². The number of hydrogen-bond acceptors (Lipinski definition) is 3. The molecule has 1 heterocycles. The summed E-state index contributed by atoms with van der Waals surface area (Å²) in [6.45, 7) is 0.110. The molecule has 0 saturated heterocycles. The summed E-state index contributed by atoms with van der Waals surface area (Å²) in [5.74, 6) is -0.435. The maximum absolute atomic E-state index is 14.5. The summed E-state index contributed by atoms with van der Waals surface area (Å²) in [6.07, 6.45) is 0.601. The molecule has 3 aromatic rings. The van der Waals surface area contributed by atoms with E-state index in [4.69, 9.17) is 0 Å². The Morgan fingerprint density at radius 3 is 2.70 bits per heavy atom. The number of halogens is 2. The molecule has 0 aliphatic carbocycles. The Balaban J connectivity index is 1.78. The van der Waals surface area contributed by atoms with Crippen molar-refractivity contribution in [1.82, 2.24) is 9.78 Å². The zero-order valence-electron chi connectivity index (χ0n) is 12.4. The van der Waals surface area contributed by atoms with Crippen LogP contribution in [0.15, 0.2) is 53.1 Å². The van der Waals surface area contributed by atoms with Gasteiger partial charge in [-0.3, -0.25) is 4.68 Å². The molecule has 0 N–H and O–H groups in total. The lowest BCUT2D eigenvalue weighted by Crippen LogP contribution is -2.06. The Kier molecular flexibility index (Phi) is 4.43. The van der Waals surface area contributed by atoms with Crippen LogP contribution in [0.3, 0.4) is 0 Å². The number of benzene rings is 2. The molecule has 0 bridgehead atoms. The van der Waals surface area contributed by atoms with Gasteiger partial charge in [0.2, 0.25) is 0 Å². The lowest BCUT2D eigenvalue weighted by atomic mass is 10.1. The third kappa shape index (κ3) is 3.27. The highest BCUT2D eigenvalue weighted by Gasteiger charge is 2.14. The van der Waals surface area contributed by atoms with Crippen molar-refractivity contribution in [3.8, 4) is 0 Å². The highest BCUT2D eigenvalue weighted by atomic mass is 79.9. The minimum absolute atomic E-state index is 0.110. The number of carbonyl (C=O) groups excluding carboxylic acids is 1. The quantitative estimate of drug-likeness (QED) is 0.637. The van der Waals surface area contributed by atoms with Crippen LogP contribution in [0.1, 0.15) is 22.1 Å². The number of hydrogen-bond donors (Lipinski definition) is 0. The van der Waals surface area contributed by atoms with Crippen molar-refractivity contribution in [2.75, 3.05) is 7.11 Å². The second kappa shape index (κ2) is 6.50. The molecule has 1 atom stereocenters. The van der Waals surface area contributed by atoms with Gasteiger partial charge in [0, 0.05) is 16.1 Å². The number of alkyl halides is 1. The molecule has 23 heavy (non-hydrogen) atoms. The standard InChI is InChI=1S/C17H14BrFN2O2/c1-23-17(22)12-7-5-11(6-8-12)15(19)10-21-9-13-14(18)3-2-4-16(13)20-21/h2-9,15H,10H2,1H3. The number of rotatable bonds is 4. The molecule has 0 saturated carbocycles. The first-order valence-electron chi connectivity index (χ1n) is 7.02. The van der Waals surface area contributed by atoms with Gasteiger partial charge >= 0.3 is 5.97 Å². The van der Waals surface area contributed by atoms with Crippen LogP contribution in [-0.2, 0) is 11.3 Å². The van der Waals surface area contributed by atoms with Gasteiger partial charge in [-0.15, -0.1) is 0 Å². The molecule has 0 spiro atoms. The number of fused-ring (bicyclic) bond motifs is 1. The molecular formula is C17H14BrFN2O2. The number of ether oxygens (including phenoxy) is 1. The van der Waals surface area contributed by atoms with Crippen LogP contribution in [0.2, 0.25) is 0 Å². The second-order valence-corrected chi connectivity index (χ2v) is 5.96. The average Bonchev–Trinajstić information content (AvgIpc) is 2.98.